The average molecular weight is 587 g/mol. The molecule has 1 aliphatic carbocycles. The summed E-state index contributed by atoms with van der Waals surface area (Å²) < 4.78 is 5.66. The zero-order valence-electron chi connectivity index (χ0n) is 24.9. The molecule has 3 aromatic rings. The van der Waals surface area contributed by atoms with Gasteiger partial charge in [-0.25, -0.2) is 9.69 Å². The first-order chi connectivity index (χ1) is 20.5. The maximum Gasteiger partial charge on any atom is 0.417 e. The number of allylic oxidation sites excluding steroid dienone is 1. The van der Waals surface area contributed by atoms with Crippen molar-refractivity contribution in [2.75, 3.05) is 0 Å². The quantitative estimate of drug-likeness (QED) is 0.264. The summed E-state index contributed by atoms with van der Waals surface area (Å²) >= 11 is 0. The van der Waals surface area contributed by atoms with E-state index in [4.69, 9.17) is 10.5 Å². The van der Waals surface area contributed by atoms with Crippen molar-refractivity contribution in [1.82, 2.24) is 4.90 Å². The Bertz CT molecular complexity index is 1390. The Balaban J connectivity index is 1.67. The minimum Gasteiger partial charge on any atom is -0.443 e. The minimum absolute atomic E-state index is 0.0295. The van der Waals surface area contributed by atoms with Crippen LogP contribution in [0.4, 0.5) is 4.79 Å². The normalized spacial score (nSPS) is 20.3. The summed E-state index contributed by atoms with van der Waals surface area (Å²) in [6, 6.07) is 24.1. The largest absolute Gasteiger partial charge is 0.443 e. The van der Waals surface area contributed by atoms with Gasteiger partial charge in [0.1, 0.15) is 17.8 Å². The van der Waals surface area contributed by atoms with Crippen LogP contribution in [0.25, 0.3) is 6.08 Å². The van der Waals surface area contributed by atoms with Gasteiger partial charge in [-0.15, -0.1) is 0 Å². The van der Waals surface area contributed by atoms with E-state index in [9.17, 15) is 24.9 Å². The highest BCUT2D eigenvalue weighted by atomic mass is 16.6. The number of ether oxygens (including phenoxy) is 1. The van der Waals surface area contributed by atoms with E-state index in [1.165, 1.54) is 0 Å². The number of nitrogens with two attached hydrogens (primary N) is 1. The van der Waals surface area contributed by atoms with Crippen LogP contribution >= 0.6 is 0 Å². The second kappa shape index (κ2) is 14.1. The summed E-state index contributed by atoms with van der Waals surface area (Å²) in [5.74, 6) is -1.52. The Hall–Kier alpha value is -3.82. The van der Waals surface area contributed by atoms with Crippen molar-refractivity contribution >= 4 is 18.1 Å². The van der Waals surface area contributed by atoms with Crippen molar-refractivity contribution in [2.45, 2.75) is 76.0 Å². The number of imide groups is 1. The van der Waals surface area contributed by atoms with E-state index in [1.54, 1.807) is 45.0 Å². The lowest BCUT2D eigenvalue weighted by Gasteiger charge is -2.35. The number of nitrogens with zero attached hydrogens (tertiary/aromatic N) is 1. The molecule has 1 aliphatic rings. The minimum atomic E-state index is -1.46. The molecule has 0 unspecified atom stereocenters. The van der Waals surface area contributed by atoms with Gasteiger partial charge in [-0.3, -0.25) is 4.79 Å². The van der Waals surface area contributed by atoms with E-state index < -0.39 is 53.9 Å². The van der Waals surface area contributed by atoms with Crippen LogP contribution < -0.4 is 5.73 Å². The smallest absolute Gasteiger partial charge is 0.417 e. The lowest BCUT2D eigenvalue weighted by molar-refractivity contribution is -0.141. The molecule has 228 valence electrons. The third-order valence-corrected chi connectivity index (χ3v) is 7.60. The molecule has 8 heteroatoms. The van der Waals surface area contributed by atoms with Gasteiger partial charge in [0.15, 0.2) is 0 Å². The van der Waals surface area contributed by atoms with E-state index in [2.05, 4.69) is 0 Å². The number of hydrogen-bond acceptors (Lipinski definition) is 7. The molecule has 5 N–H and O–H groups in total. The highest BCUT2D eigenvalue weighted by Crippen LogP contribution is 2.43. The molecule has 0 aromatic heterocycles. The van der Waals surface area contributed by atoms with Gasteiger partial charge in [0.25, 0.3) is 0 Å². The number of amides is 2. The number of carbonyl (C=O) groups excluding carboxylic acids is 2. The first kappa shape index (κ1) is 32.1. The Kier molecular flexibility index (Phi) is 10.5. The fraction of sp³-hybridized carbons (Fsp3) is 0.371. The van der Waals surface area contributed by atoms with Crippen molar-refractivity contribution < 1.29 is 29.6 Å². The summed E-state index contributed by atoms with van der Waals surface area (Å²) in [7, 11) is 0. The van der Waals surface area contributed by atoms with Crippen molar-refractivity contribution in [3.8, 4) is 0 Å². The van der Waals surface area contributed by atoms with Gasteiger partial charge in [-0.2, -0.15) is 0 Å². The molecule has 2 amide bonds. The molecule has 8 nitrogen and oxygen atoms in total. The number of aliphatic hydroxyl groups excluding tert-OH is 3. The third kappa shape index (κ3) is 8.18. The number of rotatable bonds is 10. The first-order valence-corrected chi connectivity index (χ1v) is 14.7. The summed E-state index contributed by atoms with van der Waals surface area (Å²) in [6.45, 7) is 5.07. The standard InChI is InChI=1S/C35H42N2O6/c1-35(2,3)43-34(42)37(30-26-19-10-11-20-27(26)31(39)32(30)40)33(41)25(18-12-17-23-13-6-4-7-14-23)22-29(38)28(36)21-24-15-8-5-9-16-24/h4-17,19-20,25,28-32,38-40H,18,21-22,36H2,1-3H3/t25-,28+,29+,30+,31-,32+/m1/s1. The van der Waals surface area contributed by atoms with Crippen LogP contribution in [-0.4, -0.2) is 56.1 Å². The van der Waals surface area contributed by atoms with Crippen LogP contribution in [0.5, 0.6) is 0 Å². The molecule has 0 heterocycles. The maximum atomic E-state index is 14.4. The van der Waals surface area contributed by atoms with E-state index in [0.29, 0.717) is 17.5 Å². The van der Waals surface area contributed by atoms with E-state index >= 15 is 0 Å². The summed E-state index contributed by atoms with van der Waals surface area (Å²) in [5, 5.41) is 33.2. The predicted molar refractivity (Wildman–Crippen MR) is 166 cm³/mol. The molecule has 0 aliphatic heterocycles. The van der Waals surface area contributed by atoms with Crippen LogP contribution in [0.15, 0.2) is 91.0 Å². The van der Waals surface area contributed by atoms with Crippen molar-refractivity contribution in [2.24, 2.45) is 11.7 Å². The molecule has 0 bridgehead atoms. The fourth-order valence-corrected chi connectivity index (χ4v) is 5.45. The van der Waals surface area contributed by atoms with Crippen molar-refractivity contribution in [3.63, 3.8) is 0 Å². The lowest BCUT2D eigenvalue weighted by atomic mass is 9.90. The van der Waals surface area contributed by atoms with Gasteiger partial charge in [-0.1, -0.05) is 97.1 Å². The Morgan fingerprint density at radius 3 is 2.14 bits per heavy atom. The fourth-order valence-electron chi connectivity index (χ4n) is 5.45. The first-order valence-electron chi connectivity index (χ1n) is 14.7. The molecule has 6 atom stereocenters. The van der Waals surface area contributed by atoms with E-state index in [-0.39, 0.29) is 12.8 Å². The molecule has 0 fully saturated rings. The van der Waals surface area contributed by atoms with Crippen LogP contribution in [0.1, 0.15) is 68.0 Å². The zero-order valence-corrected chi connectivity index (χ0v) is 24.9. The van der Waals surface area contributed by atoms with Crippen molar-refractivity contribution in [3.05, 3.63) is 113 Å². The van der Waals surface area contributed by atoms with Gasteiger partial charge in [0.2, 0.25) is 5.91 Å². The molecular formula is C35H42N2O6. The van der Waals surface area contributed by atoms with Gasteiger partial charge in [-0.05, 0) is 62.3 Å². The molecule has 3 aromatic carbocycles. The maximum absolute atomic E-state index is 14.4. The monoisotopic (exact) mass is 586 g/mol. The van der Waals surface area contributed by atoms with Crippen LogP contribution in [-0.2, 0) is 16.0 Å². The highest BCUT2D eigenvalue weighted by molar-refractivity contribution is 5.94. The van der Waals surface area contributed by atoms with Gasteiger partial charge >= 0.3 is 6.09 Å². The summed E-state index contributed by atoms with van der Waals surface area (Å²) in [4.78, 5) is 29.0. The number of fused-ring (bicyclic) bond motifs is 1. The molecule has 0 radical (unpaired) electrons. The lowest BCUT2D eigenvalue weighted by Crippen LogP contribution is -2.49. The van der Waals surface area contributed by atoms with E-state index in [1.807, 2.05) is 72.8 Å². The van der Waals surface area contributed by atoms with Crippen LogP contribution in [0.3, 0.4) is 0 Å². The molecule has 0 saturated heterocycles. The number of carbonyl (C=O) groups is 2. The number of hydrogen-bond donors (Lipinski definition) is 4. The second-order valence-corrected chi connectivity index (χ2v) is 12.1. The molecule has 0 spiro atoms. The van der Waals surface area contributed by atoms with Crippen LogP contribution in [0, 0.1) is 5.92 Å². The second-order valence-electron chi connectivity index (χ2n) is 12.1. The number of aliphatic hydroxyl groups is 3. The topological polar surface area (TPSA) is 133 Å². The number of benzene rings is 3. The van der Waals surface area contributed by atoms with Crippen molar-refractivity contribution in [1.29, 1.82) is 0 Å². The highest BCUT2D eigenvalue weighted by Gasteiger charge is 2.48. The van der Waals surface area contributed by atoms with Gasteiger partial charge in [0, 0.05) is 12.0 Å². The van der Waals surface area contributed by atoms with Gasteiger partial charge < -0.3 is 25.8 Å². The molecular weight excluding hydrogens is 544 g/mol. The molecule has 0 saturated carbocycles. The molecule has 4 rings (SSSR count). The zero-order chi connectivity index (χ0) is 31.1. The van der Waals surface area contributed by atoms with Gasteiger partial charge in [0.05, 0.1) is 12.1 Å². The molecule has 43 heavy (non-hydrogen) atoms. The van der Waals surface area contributed by atoms with Crippen LogP contribution in [0.2, 0.25) is 0 Å². The summed E-state index contributed by atoms with van der Waals surface area (Å²) in [6.07, 6.45) is -0.490. The Morgan fingerprint density at radius 1 is 0.930 bits per heavy atom. The Labute approximate surface area is 253 Å². The Morgan fingerprint density at radius 2 is 1.51 bits per heavy atom. The van der Waals surface area contributed by atoms with E-state index in [0.717, 1.165) is 16.0 Å². The SMILES string of the molecule is CC(C)(C)OC(=O)N(C(=O)[C@H](CC=Cc1ccccc1)C[C@H](O)[C@@H](N)Cc1ccccc1)[C@H]1c2ccccc2[C@@H](O)[C@H]1O. The third-order valence-electron chi connectivity index (χ3n) is 7.60. The average Bonchev–Trinajstić information content (AvgIpc) is 3.22. The summed E-state index contributed by atoms with van der Waals surface area (Å²) in [5.41, 5.74) is 8.26. The predicted octanol–water partition coefficient (Wildman–Crippen LogP) is 4.94.